The number of benzene rings is 1. The highest BCUT2D eigenvalue weighted by Crippen LogP contribution is 2.22. The second-order valence-corrected chi connectivity index (χ2v) is 5.14. The molecule has 0 spiro atoms. The van der Waals surface area contributed by atoms with E-state index in [1.807, 2.05) is 0 Å². The van der Waals surface area contributed by atoms with Gasteiger partial charge < -0.3 is 15.5 Å². The molecule has 17 heavy (non-hydrogen) atoms. The van der Waals surface area contributed by atoms with E-state index >= 15 is 0 Å². The minimum Gasteiger partial charge on any atom is -0.508 e. The topological polar surface area (TPSA) is 86.6 Å². The first-order chi connectivity index (χ1) is 8.00. The molecule has 6 heteroatoms. The number of hydrogen-bond acceptors (Lipinski definition) is 4. The van der Waals surface area contributed by atoms with Gasteiger partial charge in [0.1, 0.15) is 11.5 Å². The van der Waals surface area contributed by atoms with Gasteiger partial charge in [0.15, 0.2) is 0 Å². The van der Waals surface area contributed by atoms with Crippen molar-refractivity contribution in [3.63, 3.8) is 0 Å². The van der Waals surface area contributed by atoms with E-state index in [-0.39, 0.29) is 17.1 Å². The quantitative estimate of drug-likeness (QED) is 0.674. The third-order valence-corrected chi connectivity index (χ3v) is 2.98. The van der Waals surface area contributed by atoms with Crippen LogP contribution in [0.25, 0.3) is 0 Å². The van der Waals surface area contributed by atoms with Gasteiger partial charge in [-0.15, -0.1) is 0 Å². The van der Waals surface area contributed by atoms with Crippen LogP contribution < -0.4 is 5.32 Å². The maximum absolute atomic E-state index is 11.6. The van der Waals surface area contributed by atoms with E-state index in [1.54, 1.807) is 6.26 Å². The van der Waals surface area contributed by atoms with Crippen molar-refractivity contribution in [1.82, 2.24) is 5.32 Å². The lowest BCUT2D eigenvalue weighted by atomic mass is 10.2. The van der Waals surface area contributed by atoms with Gasteiger partial charge in [0.2, 0.25) is 0 Å². The third kappa shape index (κ3) is 4.44. The van der Waals surface area contributed by atoms with E-state index in [1.165, 1.54) is 12.1 Å². The van der Waals surface area contributed by atoms with Gasteiger partial charge >= 0.3 is 0 Å². The van der Waals surface area contributed by atoms with Crippen molar-refractivity contribution in [3.8, 4) is 11.5 Å². The van der Waals surface area contributed by atoms with Crippen LogP contribution in [0.15, 0.2) is 18.2 Å². The Balaban J connectivity index is 2.50. The summed E-state index contributed by atoms with van der Waals surface area (Å²) in [6.45, 7) is 0.402. The van der Waals surface area contributed by atoms with Crippen LogP contribution in [0.2, 0.25) is 0 Å². The third-order valence-electron chi connectivity index (χ3n) is 2.12. The summed E-state index contributed by atoms with van der Waals surface area (Å²) in [6.07, 6.45) is 2.22. The molecule has 0 aliphatic carbocycles. The Morgan fingerprint density at radius 3 is 2.71 bits per heavy atom. The molecule has 3 N–H and O–H groups in total. The normalized spacial score (nSPS) is 12.1. The van der Waals surface area contributed by atoms with Gasteiger partial charge in [-0.3, -0.25) is 9.00 Å². The van der Waals surface area contributed by atoms with E-state index in [0.717, 1.165) is 6.07 Å². The molecule has 94 valence electrons. The fraction of sp³-hybridized carbons (Fsp3) is 0.364. The first-order valence-electron chi connectivity index (χ1n) is 5.11. The Bertz CT molecular complexity index is 433. The number of rotatable bonds is 5. The molecule has 0 aliphatic heterocycles. The molecular formula is C11H15NO4S. The first-order valence-corrected chi connectivity index (χ1v) is 6.83. The molecule has 0 aliphatic rings. The fourth-order valence-corrected chi connectivity index (χ4v) is 1.84. The number of phenolic OH excluding ortho intramolecular Hbond substituents is 2. The molecule has 1 unspecified atom stereocenters. The van der Waals surface area contributed by atoms with Crippen molar-refractivity contribution < 1.29 is 19.2 Å². The van der Waals surface area contributed by atoms with Crippen molar-refractivity contribution in [3.05, 3.63) is 23.8 Å². The minimum absolute atomic E-state index is 0.0968. The maximum Gasteiger partial charge on any atom is 0.255 e. The van der Waals surface area contributed by atoms with Gasteiger partial charge in [0.05, 0.1) is 5.56 Å². The number of aromatic hydroxyl groups is 2. The molecule has 0 radical (unpaired) electrons. The van der Waals surface area contributed by atoms with Gasteiger partial charge in [-0.1, -0.05) is 0 Å². The molecule has 0 saturated carbocycles. The second-order valence-electron chi connectivity index (χ2n) is 3.59. The Morgan fingerprint density at radius 2 is 2.12 bits per heavy atom. The SMILES string of the molecule is CS(=O)CCCNC(=O)c1ccc(O)cc1O. The van der Waals surface area contributed by atoms with Crippen LogP contribution >= 0.6 is 0 Å². The van der Waals surface area contributed by atoms with Gasteiger partial charge in [-0.2, -0.15) is 0 Å². The van der Waals surface area contributed by atoms with Gasteiger partial charge in [-0.05, 0) is 18.6 Å². The van der Waals surface area contributed by atoms with Crippen molar-refractivity contribution in [1.29, 1.82) is 0 Å². The van der Waals surface area contributed by atoms with Crippen LogP contribution in [0.5, 0.6) is 11.5 Å². The van der Waals surface area contributed by atoms with Crippen LogP contribution in [-0.2, 0) is 10.8 Å². The molecule has 1 aromatic carbocycles. The Kier molecular flexibility index (Phi) is 4.96. The monoisotopic (exact) mass is 257 g/mol. The molecule has 0 bridgehead atoms. The number of amides is 1. The first kappa shape index (κ1) is 13.5. The number of nitrogens with one attached hydrogen (secondary N) is 1. The van der Waals surface area contributed by atoms with Crippen LogP contribution in [-0.4, -0.2) is 38.9 Å². The van der Waals surface area contributed by atoms with Crippen LogP contribution in [0.1, 0.15) is 16.8 Å². The molecule has 1 aromatic rings. The number of phenols is 2. The standard InChI is InChI=1S/C11H15NO4S/c1-17(16)6-2-5-12-11(15)9-4-3-8(13)7-10(9)14/h3-4,7,13-14H,2,5-6H2,1H3,(H,12,15). The van der Waals surface area contributed by atoms with Crippen LogP contribution in [0, 0.1) is 0 Å². The average molecular weight is 257 g/mol. The summed E-state index contributed by atoms with van der Waals surface area (Å²) in [5.74, 6) is -0.242. The molecule has 1 atom stereocenters. The van der Waals surface area contributed by atoms with Gasteiger partial charge in [-0.25, -0.2) is 0 Å². The second kappa shape index (κ2) is 6.24. The summed E-state index contributed by atoms with van der Waals surface area (Å²) in [6, 6.07) is 3.78. The van der Waals surface area contributed by atoms with Gasteiger partial charge in [0.25, 0.3) is 5.91 Å². The van der Waals surface area contributed by atoms with E-state index in [9.17, 15) is 14.1 Å². The molecule has 0 fully saturated rings. The zero-order valence-electron chi connectivity index (χ0n) is 9.47. The fourth-order valence-electron chi connectivity index (χ4n) is 1.28. The highest BCUT2D eigenvalue weighted by molar-refractivity contribution is 7.84. The zero-order chi connectivity index (χ0) is 12.8. The highest BCUT2D eigenvalue weighted by atomic mass is 32.2. The number of carbonyl (C=O) groups excluding carboxylic acids is 1. The van der Waals surface area contributed by atoms with Crippen molar-refractivity contribution >= 4 is 16.7 Å². The van der Waals surface area contributed by atoms with E-state index in [2.05, 4.69) is 5.32 Å². The van der Waals surface area contributed by atoms with Crippen molar-refractivity contribution in [2.45, 2.75) is 6.42 Å². The highest BCUT2D eigenvalue weighted by Gasteiger charge is 2.10. The Labute approximate surface area is 102 Å². The van der Waals surface area contributed by atoms with Crippen molar-refractivity contribution in [2.24, 2.45) is 0 Å². The number of hydrogen-bond donors (Lipinski definition) is 3. The molecule has 1 rings (SSSR count). The smallest absolute Gasteiger partial charge is 0.255 e. The molecule has 5 nitrogen and oxygen atoms in total. The summed E-state index contributed by atoms with van der Waals surface area (Å²) < 4.78 is 10.8. The van der Waals surface area contributed by atoms with Crippen molar-refractivity contribution in [2.75, 3.05) is 18.6 Å². The molecule has 0 aromatic heterocycles. The largest absolute Gasteiger partial charge is 0.508 e. The van der Waals surface area contributed by atoms with Crippen LogP contribution in [0.3, 0.4) is 0 Å². The Morgan fingerprint density at radius 1 is 1.41 bits per heavy atom. The Hall–Kier alpha value is -1.56. The summed E-state index contributed by atoms with van der Waals surface area (Å²) in [7, 11) is -0.866. The van der Waals surface area contributed by atoms with E-state index in [0.29, 0.717) is 18.7 Å². The predicted molar refractivity (Wildman–Crippen MR) is 65.7 cm³/mol. The zero-order valence-corrected chi connectivity index (χ0v) is 10.3. The predicted octanol–water partition coefficient (Wildman–Crippen LogP) is 0.596. The molecule has 0 heterocycles. The maximum atomic E-state index is 11.6. The summed E-state index contributed by atoms with van der Waals surface area (Å²) in [5.41, 5.74) is 0.112. The lowest BCUT2D eigenvalue weighted by Gasteiger charge is -2.06. The van der Waals surface area contributed by atoms with Gasteiger partial charge in [0, 0.05) is 35.4 Å². The summed E-state index contributed by atoms with van der Waals surface area (Å²) in [5, 5.41) is 21.1. The molecular weight excluding hydrogens is 242 g/mol. The van der Waals surface area contributed by atoms with E-state index < -0.39 is 16.7 Å². The lowest BCUT2D eigenvalue weighted by molar-refractivity contribution is 0.0951. The summed E-state index contributed by atoms with van der Waals surface area (Å²) in [4.78, 5) is 11.6. The summed E-state index contributed by atoms with van der Waals surface area (Å²) >= 11 is 0. The lowest BCUT2D eigenvalue weighted by Crippen LogP contribution is -2.25. The number of carbonyl (C=O) groups is 1. The minimum atomic E-state index is -0.866. The van der Waals surface area contributed by atoms with E-state index in [4.69, 9.17) is 5.11 Å². The molecule has 0 saturated heterocycles. The molecule has 1 amide bonds. The average Bonchev–Trinajstić information content (AvgIpc) is 2.23. The van der Waals surface area contributed by atoms with Crippen LogP contribution in [0.4, 0.5) is 0 Å².